The van der Waals surface area contributed by atoms with Crippen LogP contribution < -0.4 is 15.5 Å². The zero-order valence-corrected chi connectivity index (χ0v) is 19.1. The first-order chi connectivity index (χ1) is 15.6. The van der Waals surface area contributed by atoms with Gasteiger partial charge >= 0.3 is 0 Å². The van der Waals surface area contributed by atoms with Crippen LogP contribution in [0.5, 0.6) is 0 Å². The van der Waals surface area contributed by atoms with Gasteiger partial charge in [-0.3, -0.25) is 9.78 Å². The number of hydrogen-bond acceptors (Lipinski definition) is 5. The van der Waals surface area contributed by atoms with Gasteiger partial charge in [0.1, 0.15) is 5.69 Å². The number of rotatable bonds is 10. The number of aryl methyl sites for hydroxylation is 1. The van der Waals surface area contributed by atoms with Gasteiger partial charge in [0.05, 0.1) is 6.61 Å². The molecular weight excluding hydrogens is 400 g/mol. The summed E-state index contributed by atoms with van der Waals surface area (Å²) in [6.07, 6.45) is 10.9. The molecule has 172 valence electrons. The van der Waals surface area contributed by atoms with Crippen LogP contribution in [0.3, 0.4) is 0 Å². The number of carbonyl (C=O) groups excluding carboxylic acids is 1. The Morgan fingerprint density at radius 3 is 2.66 bits per heavy atom. The highest BCUT2D eigenvalue weighted by atomic mass is 16.3. The molecule has 0 radical (unpaired) electrons. The number of amides is 1. The number of benzene rings is 1. The topological polar surface area (TPSA) is 77.5 Å². The number of anilines is 2. The fourth-order valence-electron chi connectivity index (χ4n) is 4.63. The minimum atomic E-state index is -0.170. The average Bonchev–Trinajstić information content (AvgIpc) is 3.64. The number of nitrogens with zero attached hydrogens (tertiary/aromatic N) is 2. The second-order valence-electron chi connectivity index (χ2n) is 9.29. The molecule has 1 aromatic heterocycles. The third-order valence-corrected chi connectivity index (χ3v) is 6.63. The Hall–Kier alpha value is -2.44. The van der Waals surface area contributed by atoms with E-state index in [1.165, 1.54) is 44.9 Å². The van der Waals surface area contributed by atoms with Gasteiger partial charge < -0.3 is 20.6 Å². The van der Waals surface area contributed by atoms with Gasteiger partial charge in [0.25, 0.3) is 5.91 Å². The lowest BCUT2D eigenvalue weighted by Crippen LogP contribution is -2.38. The molecule has 4 rings (SSSR count). The lowest BCUT2D eigenvalue weighted by atomic mass is 9.93. The first-order valence-corrected chi connectivity index (χ1v) is 12.1. The van der Waals surface area contributed by atoms with Crippen LogP contribution in [-0.2, 0) is 6.54 Å². The molecule has 1 aromatic carbocycles. The van der Waals surface area contributed by atoms with Gasteiger partial charge in [-0.15, -0.1) is 0 Å². The van der Waals surface area contributed by atoms with Gasteiger partial charge in [-0.2, -0.15) is 0 Å². The maximum atomic E-state index is 13.0. The molecular formula is C26H36N4O2. The summed E-state index contributed by atoms with van der Waals surface area (Å²) in [6, 6.07) is 10.6. The van der Waals surface area contributed by atoms with E-state index in [0.717, 1.165) is 35.0 Å². The molecule has 6 heteroatoms. The fraction of sp³-hybridized carbons (Fsp3) is 0.538. The first-order valence-electron chi connectivity index (χ1n) is 12.1. The Balaban J connectivity index is 1.45. The summed E-state index contributed by atoms with van der Waals surface area (Å²) in [7, 11) is 0. The van der Waals surface area contributed by atoms with Crippen molar-refractivity contribution in [2.45, 2.75) is 64.5 Å². The van der Waals surface area contributed by atoms with Crippen LogP contribution in [0.15, 0.2) is 36.5 Å². The summed E-state index contributed by atoms with van der Waals surface area (Å²) in [6.45, 7) is 4.48. The SMILES string of the molecule is Cc1cc(CNCCO)ccc1NC(=O)c1cc(N(CC2CC2)C2CCCCC2)ccn1. The Labute approximate surface area is 191 Å². The highest BCUT2D eigenvalue weighted by Gasteiger charge is 2.29. The van der Waals surface area contributed by atoms with Gasteiger partial charge in [-0.25, -0.2) is 0 Å². The van der Waals surface area contributed by atoms with Gasteiger partial charge in [-0.1, -0.05) is 31.4 Å². The Morgan fingerprint density at radius 1 is 1.12 bits per heavy atom. The van der Waals surface area contributed by atoms with E-state index in [2.05, 4.69) is 32.7 Å². The van der Waals surface area contributed by atoms with E-state index in [9.17, 15) is 4.79 Å². The average molecular weight is 437 g/mol. The van der Waals surface area contributed by atoms with Crippen molar-refractivity contribution in [3.05, 3.63) is 53.3 Å². The molecule has 0 saturated heterocycles. The number of aromatic nitrogens is 1. The van der Waals surface area contributed by atoms with Crippen LogP contribution in [0.25, 0.3) is 0 Å². The van der Waals surface area contributed by atoms with E-state index in [1.54, 1.807) is 6.20 Å². The number of aliphatic hydroxyl groups is 1. The molecule has 2 fully saturated rings. The van der Waals surface area contributed by atoms with E-state index in [-0.39, 0.29) is 12.5 Å². The molecule has 2 saturated carbocycles. The molecule has 0 unspecified atom stereocenters. The Kier molecular flexibility index (Phi) is 7.76. The molecule has 0 bridgehead atoms. The summed E-state index contributed by atoms with van der Waals surface area (Å²) < 4.78 is 0. The molecule has 2 aromatic rings. The number of pyridine rings is 1. The Morgan fingerprint density at radius 2 is 1.94 bits per heavy atom. The minimum absolute atomic E-state index is 0.123. The van der Waals surface area contributed by atoms with E-state index >= 15 is 0 Å². The standard InChI is InChI=1S/C26H36N4O2/c1-19-15-21(17-27-13-14-31)9-10-24(19)29-26(32)25-16-23(11-12-28-25)30(18-20-7-8-20)22-5-3-2-4-6-22/h9-12,15-16,20,22,27,31H,2-8,13-14,17-18H2,1H3,(H,29,32). The minimum Gasteiger partial charge on any atom is -0.395 e. The second kappa shape index (κ2) is 10.9. The third-order valence-electron chi connectivity index (χ3n) is 6.63. The summed E-state index contributed by atoms with van der Waals surface area (Å²) in [5.41, 5.74) is 4.53. The zero-order valence-electron chi connectivity index (χ0n) is 19.1. The summed E-state index contributed by atoms with van der Waals surface area (Å²) >= 11 is 0. The molecule has 0 atom stereocenters. The fourth-order valence-corrected chi connectivity index (χ4v) is 4.63. The molecule has 3 N–H and O–H groups in total. The molecule has 32 heavy (non-hydrogen) atoms. The van der Waals surface area contributed by atoms with Crippen LogP contribution in [0.4, 0.5) is 11.4 Å². The van der Waals surface area contributed by atoms with Crippen molar-refractivity contribution in [1.82, 2.24) is 10.3 Å². The van der Waals surface area contributed by atoms with E-state index in [4.69, 9.17) is 5.11 Å². The number of hydrogen-bond donors (Lipinski definition) is 3. The van der Waals surface area contributed by atoms with Crippen LogP contribution in [0.2, 0.25) is 0 Å². The van der Waals surface area contributed by atoms with Crippen LogP contribution in [0.1, 0.15) is 66.6 Å². The monoisotopic (exact) mass is 436 g/mol. The van der Waals surface area contributed by atoms with Crippen molar-refractivity contribution >= 4 is 17.3 Å². The maximum absolute atomic E-state index is 13.0. The van der Waals surface area contributed by atoms with Crippen LogP contribution in [-0.4, -0.2) is 41.7 Å². The van der Waals surface area contributed by atoms with E-state index < -0.39 is 0 Å². The maximum Gasteiger partial charge on any atom is 0.274 e. The van der Waals surface area contributed by atoms with Gasteiger partial charge in [-0.05, 0) is 67.9 Å². The zero-order chi connectivity index (χ0) is 22.3. The first kappa shape index (κ1) is 22.7. The highest BCUT2D eigenvalue weighted by Crippen LogP contribution is 2.35. The third kappa shape index (κ3) is 6.08. The Bertz CT molecular complexity index is 906. The van der Waals surface area contributed by atoms with Crippen molar-refractivity contribution in [2.24, 2.45) is 5.92 Å². The normalized spacial score (nSPS) is 16.7. The van der Waals surface area contributed by atoms with Crippen molar-refractivity contribution in [3.8, 4) is 0 Å². The summed E-state index contributed by atoms with van der Waals surface area (Å²) in [5.74, 6) is 0.631. The molecule has 1 amide bonds. The predicted octanol–water partition coefficient (Wildman–Crippen LogP) is 4.27. The quantitative estimate of drug-likeness (QED) is 0.485. The summed E-state index contributed by atoms with van der Waals surface area (Å²) in [4.78, 5) is 19.9. The lowest BCUT2D eigenvalue weighted by molar-refractivity contribution is 0.102. The number of aliphatic hydroxyl groups excluding tert-OH is 1. The van der Waals surface area contributed by atoms with Gasteiger partial charge in [0, 0.05) is 43.2 Å². The van der Waals surface area contributed by atoms with Gasteiger partial charge in [0.15, 0.2) is 0 Å². The van der Waals surface area contributed by atoms with Crippen LogP contribution >= 0.6 is 0 Å². The number of nitrogens with one attached hydrogen (secondary N) is 2. The van der Waals surface area contributed by atoms with Crippen molar-refractivity contribution in [3.63, 3.8) is 0 Å². The smallest absolute Gasteiger partial charge is 0.274 e. The highest BCUT2D eigenvalue weighted by molar-refractivity contribution is 6.03. The second-order valence-corrected chi connectivity index (χ2v) is 9.29. The van der Waals surface area contributed by atoms with E-state index in [1.807, 2.05) is 25.1 Å². The predicted molar refractivity (Wildman–Crippen MR) is 129 cm³/mol. The van der Waals surface area contributed by atoms with Crippen LogP contribution in [0, 0.1) is 12.8 Å². The molecule has 0 spiro atoms. The number of carbonyl (C=O) groups is 1. The molecule has 1 heterocycles. The van der Waals surface area contributed by atoms with Gasteiger partial charge in [0.2, 0.25) is 0 Å². The largest absolute Gasteiger partial charge is 0.395 e. The molecule has 2 aliphatic carbocycles. The van der Waals surface area contributed by atoms with Crippen molar-refractivity contribution in [2.75, 3.05) is 29.9 Å². The van der Waals surface area contributed by atoms with E-state index in [0.29, 0.717) is 24.8 Å². The van der Waals surface area contributed by atoms with Crippen molar-refractivity contribution < 1.29 is 9.90 Å². The van der Waals surface area contributed by atoms with Crippen molar-refractivity contribution in [1.29, 1.82) is 0 Å². The molecule has 6 nitrogen and oxygen atoms in total. The molecule has 2 aliphatic rings. The lowest BCUT2D eigenvalue weighted by Gasteiger charge is -2.36. The summed E-state index contributed by atoms with van der Waals surface area (Å²) in [5, 5.41) is 15.1. The molecule has 0 aliphatic heterocycles.